The zero-order chi connectivity index (χ0) is 15.1. The van der Waals surface area contributed by atoms with E-state index in [-0.39, 0.29) is 11.9 Å². The lowest BCUT2D eigenvalue weighted by Gasteiger charge is -2.20. The predicted molar refractivity (Wildman–Crippen MR) is 84.7 cm³/mol. The summed E-state index contributed by atoms with van der Waals surface area (Å²) in [6, 6.07) is 8.23. The summed E-state index contributed by atoms with van der Waals surface area (Å²) in [5, 5.41) is 0. The zero-order valence-electron chi connectivity index (χ0n) is 13.1. The van der Waals surface area contributed by atoms with E-state index >= 15 is 0 Å². The molecule has 0 aliphatic carbocycles. The summed E-state index contributed by atoms with van der Waals surface area (Å²) in [4.78, 5) is 15.9. The second kappa shape index (κ2) is 7.90. The van der Waals surface area contributed by atoms with Crippen molar-refractivity contribution in [2.24, 2.45) is 5.73 Å². The maximum absolute atomic E-state index is 12.0. The SMILES string of the molecule is CCCC(N)CC(=O)N(C)Cc1ccc(N(C)C)cc1. The molecule has 0 saturated heterocycles. The molecule has 0 radical (unpaired) electrons. The molecule has 0 aromatic heterocycles. The molecule has 0 aliphatic heterocycles. The lowest BCUT2D eigenvalue weighted by atomic mass is 10.1. The largest absolute Gasteiger partial charge is 0.378 e. The molecule has 112 valence electrons. The molecule has 0 aliphatic rings. The van der Waals surface area contributed by atoms with Gasteiger partial charge in [-0.15, -0.1) is 0 Å². The first kappa shape index (κ1) is 16.5. The Labute approximate surface area is 122 Å². The fourth-order valence-electron chi connectivity index (χ4n) is 2.11. The average Bonchev–Trinajstić information content (AvgIpc) is 2.39. The molecule has 0 fully saturated rings. The number of rotatable bonds is 7. The third kappa shape index (κ3) is 5.21. The molecule has 1 aromatic rings. The van der Waals surface area contributed by atoms with E-state index in [0.717, 1.165) is 24.1 Å². The van der Waals surface area contributed by atoms with Gasteiger partial charge in [0.05, 0.1) is 0 Å². The van der Waals surface area contributed by atoms with Crippen molar-refractivity contribution in [1.29, 1.82) is 0 Å². The standard InChI is InChI=1S/C16H27N3O/c1-5-6-14(17)11-16(20)19(4)12-13-7-9-15(10-8-13)18(2)3/h7-10,14H,5-6,11-12,17H2,1-4H3. The van der Waals surface area contributed by atoms with Crippen LogP contribution in [0.4, 0.5) is 5.69 Å². The Morgan fingerprint density at radius 3 is 2.30 bits per heavy atom. The van der Waals surface area contributed by atoms with E-state index < -0.39 is 0 Å². The Morgan fingerprint density at radius 1 is 1.20 bits per heavy atom. The Bertz CT molecular complexity index is 414. The molecule has 1 amide bonds. The van der Waals surface area contributed by atoms with E-state index in [0.29, 0.717) is 13.0 Å². The highest BCUT2D eigenvalue weighted by Crippen LogP contribution is 2.14. The maximum Gasteiger partial charge on any atom is 0.224 e. The minimum atomic E-state index is -0.0222. The van der Waals surface area contributed by atoms with Gasteiger partial charge in [-0.2, -0.15) is 0 Å². The van der Waals surface area contributed by atoms with Gasteiger partial charge in [-0.3, -0.25) is 4.79 Å². The number of carbonyl (C=O) groups excluding carboxylic acids is 1. The lowest BCUT2D eigenvalue weighted by Crippen LogP contribution is -2.32. The average molecular weight is 277 g/mol. The predicted octanol–water partition coefficient (Wildman–Crippen LogP) is 2.23. The summed E-state index contributed by atoms with van der Waals surface area (Å²) >= 11 is 0. The van der Waals surface area contributed by atoms with Crippen molar-refractivity contribution in [3.8, 4) is 0 Å². The van der Waals surface area contributed by atoms with Gasteiger partial charge in [0.2, 0.25) is 5.91 Å². The molecule has 4 heteroatoms. The van der Waals surface area contributed by atoms with Crippen LogP contribution in [0.15, 0.2) is 24.3 Å². The van der Waals surface area contributed by atoms with Crippen molar-refractivity contribution in [2.75, 3.05) is 26.0 Å². The minimum Gasteiger partial charge on any atom is -0.378 e. The van der Waals surface area contributed by atoms with Gasteiger partial charge in [-0.25, -0.2) is 0 Å². The van der Waals surface area contributed by atoms with E-state index in [1.165, 1.54) is 0 Å². The quantitative estimate of drug-likeness (QED) is 0.831. The number of anilines is 1. The van der Waals surface area contributed by atoms with Crippen LogP contribution in [0.3, 0.4) is 0 Å². The molecule has 1 atom stereocenters. The Hall–Kier alpha value is -1.55. The number of hydrogen-bond acceptors (Lipinski definition) is 3. The molecule has 4 nitrogen and oxygen atoms in total. The number of nitrogens with two attached hydrogens (primary N) is 1. The van der Waals surface area contributed by atoms with E-state index in [9.17, 15) is 4.79 Å². The van der Waals surface area contributed by atoms with Crippen LogP contribution in [-0.2, 0) is 11.3 Å². The molecular weight excluding hydrogens is 250 g/mol. The summed E-state index contributed by atoms with van der Waals surface area (Å²) in [6.07, 6.45) is 2.35. The van der Waals surface area contributed by atoms with E-state index in [2.05, 4.69) is 36.1 Å². The first-order chi connectivity index (χ1) is 9.43. The summed E-state index contributed by atoms with van der Waals surface area (Å²) in [5.74, 6) is 0.114. The fourth-order valence-corrected chi connectivity index (χ4v) is 2.11. The van der Waals surface area contributed by atoms with Crippen LogP contribution in [0, 0.1) is 0 Å². The normalized spacial score (nSPS) is 12.1. The molecule has 0 bridgehead atoms. The highest BCUT2D eigenvalue weighted by Gasteiger charge is 2.13. The summed E-state index contributed by atoms with van der Waals surface area (Å²) in [7, 11) is 5.86. The number of amides is 1. The van der Waals surface area contributed by atoms with E-state index in [1.807, 2.05) is 21.1 Å². The second-order valence-corrected chi connectivity index (χ2v) is 5.56. The molecule has 1 aromatic carbocycles. The van der Waals surface area contributed by atoms with Crippen molar-refractivity contribution >= 4 is 11.6 Å². The Balaban J connectivity index is 2.52. The minimum absolute atomic E-state index is 0.0222. The molecule has 20 heavy (non-hydrogen) atoms. The van der Waals surface area contributed by atoms with Crippen LogP contribution in [0.25, 0.3) is 0 Å². The van der Waals surface area contributed by atoms with Crippen LogP contribution in [-0.4, -0.2) is 38.0 Å². The van der Waals surface area contributed by atoms with Crippen molar-refractivity contribution in [3.63, 3.8) is 0 Å². The fraction of sp³-hybridized carbons (Fsp3) is 0.562. The van der Waals surface area contributed by atoms with Crippen LogP contribution >= 0.6 is 0 Å². The van der Waals surface area contributed by atoms with Crippen molar-refractivity contribution in [3.05, 3.63) is 29.8 Å². The lowest BCUT2D eigenvalue weighted by molar-refractivity contribution is -0.130. The third-order valence-corrected chi connectivity index (χ3v) is 3.39. The van der Waals surface area contributed by atoms with Crippen molar-refractivity contribution in [1.82, 2.24) is 4.90 Å². The van der Waals surface area contributed by atoms with Gasteiger partial charge >= 0.3 is 0 Å². The number of carbonyl (C=O) groups is 1. The Morgan fingerprint density at radius 2 is 1.80 bits per heavy atom. The number of nitrogens with zero attached hydrogens (tertiary/aromatic N) is 2. The summed E-state index contributed by atoms with van der Waals surface area (Å²) < 4.78 is 0. The molecule has 0 saturated carbocycles. The molecule has 1 unspecified atom stereocenters. The zero-order valence-corrected chi connectivity index (χ0v) is 13.1. The topological polar surface area (TPSA) is 49.6 Å². The summed E-state index contributed by atoms with van der Waals surface area (Å²) in [5.41, 5.74) is 8.21. The number of hydrogen-bond donors (Lipinski definition) is 1. The van der Waals surface area contributed by atoms with Crippen LogP contribution < -0.4 is 10.6 Å². The first-order valence-electron chi connectivity index (χ1n) is 7.19. The molecule has 1 rings (SSSR count). The molecule has 0 spiro atoms. The highest BCUT2D eigenvalue weighted by molar-refractivity contribution is 5.76. The van der Waals surface area contributed by atoms with Crippen molar-refractivity contribution < 1.29 is 4.79 Å². The highest BCUT2D eigenvalue weighted by atomic mass is 16.2. The molecule has 2 N–H and O–H groups in total. The van der Waals surface area contributed by atoms with Crippen LogP contribution in [0.2, 0.25) is 0 Å². The van der Waals surface area contributed by atoms with Gasteiger partial charge in [0, 0.05) is 45.8 Å². The van der Waals surface area contributed by atoms with Crippen LogP contribution in [0.1, 0.15) is 31.7 Å². The van der Waals surface area contributed by atoms with E-state index in [4.69, 9.17) is 5.73 Å². The van der Waals surface area contributed by atoms with Gasteiger partial charge in [0.1, 0.15) is 0 Å². The molecule has 0 heterocycles. The third-order valence-electron chi connectivity index (χ3n) is 3.39. The maximum atomic E-state index is 12.0. The Kier molecular flexibility index (Phi) is 6.52. The second-order valence-electron chi connectivity index (χ2n) is 5.56. The van der Waals surface area contributed by atoms with Gasteiger partial charge in [0.25, 0.3) is 0 Å². The summed E-state index contributed by atoms with van der Waals surface area (Å²) in [6.45, 7) is 2.71. The van der Waals surface area contributed by atoms with Gasteiger partial charge < -0.3 is 15.5 Å². The van der Waals surface area contributed by atoms with Crippen LogP contribution in [0.5, 0.6) is 0 Å². The van der Waals surface area contributed by atoms with Crippen molar-refractivity contribution in [2.45, 2.75) is 38.8 Å². The monoisotopic (exact) mass is 277 g/mol. The number of benzene rings is 1. The first-order valence-corrected chi connectivity index (χ1v) is 7.19. The van der Waals surface area contributed by atoms with Gasteiger partial charge in [-0.05, 0) is 24.1 Å². The van der Waals surface area contributed by atoms with Gasteiger partial charge in [0.15, 0.2) is 0 Å². The molecular formula is C16H27N3O. The van der Waals surface area contributed by atoms with E-state index in [1.54, 1.807) is 4.90 Å². The van der Waals surface area contributed by atoms with Gasteiger partial charge in [-0.1, -0.05) is 25.5 Å². The smallest absolute Gasteiger partial charge is 0.224 e.